The van der Waals surface area contributed by atoms with Crippen molar-refractivity contribution >= 4 is 18.0 Å². The van der Waals surface area contributed by atoms with Gasteiger partial charge in [0, 0.05) is 0 Å². The summed E-state index contributed by atoms with van der Waals surface area (Å²) in [6.07, 6.45) is 0. The highest BCUT2D eigenvalue weighted by atomic mass is 16.5. The van der Waals surface area contributed by atoms with Gasteiger partial charge in [0.1, 0.15) is 12.1 Å². The molecule has 0 aliphatic carbocycles. The van der Waals surface area contributed by atoms with Gasteiger partial charge in [-0.3, -0.25) is 0 Å². The van der Waals surface area contributed by atoms with Crippen molar-refractivity contribution in [3.63, 3.8) is 0 Å². The molecule has 2 N–H and O–H groups in total. The molecule has 104 valence electrons. The lowest BCUT2D eigenvalue weighted by Crippen LogP contribution is -2.49. The van der Waals surface area contributed by atoms with Crippen LogP contribution in [-0.2, 0) is 19.1 Å². The van der Waals surface area contributed by atoms with Crippen molar-refractivity contribution in [1.82, 2.24) is 10.6 Å². The number of amides is 2. The van der Waals surface area contributed by atoms with Crippen molar-refractivity contribution in [3.8, 4) is 0 Å². The molecule has 7 heteroatoms. The molecule has 0 aromatic heterocycles. The molecule has 0 radical (unpaired) electrons. The number of hydrogen-bond donors (Lipinski definition) is 2. The average molecular weight is 260 g/mol. The van der Waals surface area contributed by atoms with Crippen LogP contribution in [0.5, 0.6) is 0 Å². The maximum absolute atomic E-state index is 11.4. The van der Waals surface area contributed by atoms with Crippen LogP contribution in [0.2, 0.25) is 0 Å². The second-order valence-electron chi connectivity index (χ2n) is 3.57. The Balaban J connectivity index is 4.10. The summed E-state index contributed by atoms with van der Waals surface area (Å²) in [5, 5.41) is 4.72. The maximum atomic E-state index is 11.4. The molecule has 0 rings (SSSR count). The molecule has 0 aliphatic heterocycles. The number of esters is 2. The van der Waals surface area contributed by atoms with Crippen LogP contribution in [0.15, 0.2) is 0 Å². The third-order valence-corrected chi connectivity index (χ3v) is 1.98. The summed E-state index contributed by atoms with van der Waals surface area (Å²) in [7, 11) is 0. The molecule has 0 aliphatic rings. The van der Waals surface area contributed by atoms with E-state index in [-0.39, 0.29) is 13.2 Å². The number of hydrogen-bond acceptors (Lipinski definition) is 5. The molecule has 0 bridgehead atoms. The van der Waals surface area contributed by atoms with E-state index >= 15 is 0 Å². The van der Waals surface area contributed by atoms with Gasteiger partial charge >= 0.3 is 18.0 Å². The Morgan fingerprint density at radius 1 is 0.889 bits per heavy atom. The van der Waals surface area contributed by atoms with Gasteiger partial charge in [-0.1, -0.05) is 0 Å². The summed E-state index contributed by atoms with van der Waals surface area (Å²) >= 11 is 0. The van der Waals surface area contributed by atoms with Gasteiger partial charge in [0.25, 0.3) is 0 Å². The first-order chi connectivity index (χ1) is 8.42. The SMILES string of the molecule is CCOC(=O)C(C)NC(=O)NC(C)C(=O)OCC. The highest BCUT2D eigenvalue weighted by molar-refractivity contribution is 5.86. The quantitative estimate of drug-likeness (QED) is 0.665. The number of ether oxygens (including phenoxy) is 2. The number of rotatable bonds is 6. The first kappa shape index (κ1) is 16.2. The summed E-state index contributed by atoms with van der Waals surface area (Å²) in [6.45, 7) is 6.82. The average Bonchev–Trinajstić information content (AvgIpc) is 2.29. The molecule has 0 heterocycles. The van der Waals surface area contributed by atoms with E-state index in [9.17, 15) is 14.4 Å². The van der Waals surface area contributed by atoms with Crippen molar-refractivity contribution in [2.24, 2.45) is 0 Å². The Bertz CT molecular complexity index is 278. The Kier molecular flexibility index (Phi) is 7.50. The highest BCUT2D eigenvalue weighted by Crippen LogP contribution is 1.91. The Hall–Kier alpha value is -1.79. The molecule has 0 fully saturated rings. The van der Waals surface area contributed by atoms with E-state index < -0.39 is 30.1 Å². The van der Waals surface area contributed by atoms with Crippen LogP contribution in [0.25, 0.3) is 0 Å². The largest absolute Gasteiger partial charge is 0.464 e. The number of nitrogens with one attached hydrogen (secondary N) is 2. The summed E-state index contributed by atoms with van der Waals surface area (Å²) in [5.41, 5.74) is 0. The topological polar surface area (TPSA) is 93.7 Å². The predicted molar refractivity (Wildman–Crippen MR) is 63.9 cm³/mol. The molecule has 0 aromatic rings. The fourth-order valence-corrected chi connectivity index (χ4v) is 1.09. The van der Waals surface area contributed by atoms with Gasteiger partial charge in [0.2, 0.25) is 0 Å². The molecule has 0 aromatic carbocycles. The van der Waals surface area contributed by atoms with E-state index in [0.29, 0.717) is 0 Å². The number of carbonyl (C=O) groups is 3. The van der Waals surface area contributed by atoms with Gasteiger partial charge in [-0.15, -0.1) is 0 Å². The number of carbonyl (C=O) groups excluding carboxylic acids is 3. The molecule has 0 saturated carbocycles. The van der Waals surface area contributed by atoms with E-state index in [1.54, 1.807) is 13.8 Å². The molecule has 2 unspecified atom stereocenters. The molecule has 0 saturated heterocycles. The molecule has 7 nitrogen and oxygen atoms in total. The summed E-state index contributed by atoms with van der Waals surface area (Å²) in [6, 6.07) is -2.19. The van der Waals surface area contributed by atoms with Crippen LogP contribution in [0.3, 0.4) is 0 Å². The zero-order valence-electron chi connectivity index (χ0n) is 11.1. The molecule has 2 amide bonds. The van der Waals surface area contributed by atoms with Crippen LogP contribution >= 0.6 is 0 Å². The standard InChI is InChI=1S/C11H20N2O5/c1-5-17-9(14)7(3)12-11(16)13-8(4)10(15)18-6-2/h7-8H,5-6H2,1-4H3,(H2,12,13,16). The van der Waals surface area contributed by atoms with Crippen molar-refractivity contribution in [3.05, 3.63) is 0 Å². The highest BCUT2D eigenvalue weighted by Gasteiger charge is 2.20. The van der Waals surface area contributed by atoms with Crippen LogP contribution in [0, 0.1) is 0 Å². The van der Waals surface area contributed by atoms with Gasteiger partial charge in [0.15, 0.2) is 0 Å². The van der Waals surface area contributed by atoms with Crippen LogP contribution in [0.1, 0.15) is 27.7 Å². The van der Waals surface area contributed by atoms with E-state index in [0.717, 1.165) is 0 Å². The lowest BCUT2D eigenvalue weighted by atomic mass is 10.3. The van der Waals surface area contributed by atoms with Crippen LogP contribution < -0.4 is 10.6 Å². The first-order valence-corrected chi connectivity index (χ1v) is 5.82. The van der Waals surface area contributed by atoms with Crippen molar-refractivity contribution in [2.75, 3.05) is 13.2 Å². The fraction of sp³-hybridized carbons (Fsp3) is 0.727. The monoisotopic (exact) mass is 260 g/mol. The molecule has 18 heavy (non-hydrogen) atoms. The summed E-state index contributed by atoms with van der Waals surface area (Å²) in [4.78, 5) is 33.9. The van der Waals surface area contributed by atoms with E-state index in [1.807, 2.05) is 0 Å². The third-order valence-electron chi connectivity index (χ3n) is 1.98. The van der Waals surface area contributed by atoms with E-state index in [2.05, 4.69) is 10.6 Å². The Labute approximate surface area is 106 Å². The molecule has 2 atom stereocenters. The Morgan fingerprint density at radius 3 is 1.50 bits per heavy atom. The van der Waals surface area contributed by atoms with Gasteiger partial charge in [-0.25, -0.2) is 14.4 Å². The van der Waals surface area contributed by atoms with Crippen LogP contribution in [0.4, 0.5) is 4.79 Å². The predicted octanol–water partition coefficient (Wildman–Crippen LogP) is 0.189. The molecule has 0 spiro atoms. The van der Waals surface area contributed by atoms with Gasteiger partial charge < -0.3 is 20.1 Å². The van der Waals surface area contributed by atoms with Gasteiger partial charge in [-0.2, -0.15) is 0 Å². The molecular weight excluding hydrogens is 240 g/mol. The lowest BCUT2D eigenvalue weighted by molar-refractivity contribution is -0.145. The minimum atomic E-state index is -0.778. The van der Waals surface area contributed by atoms with E-state index in [4.69, 9.17) is 9.47 Å². The third kappa shape index (κ3) is 6.07. The number of urea groups is 1. The minimum absolute atomic E-state index is 0.242. The summed E-state index contributed by atoms with van der Waals surface area (Å²) in [5.74, 6) is -1.06. The van der Waals surface area contributed by atoms with Crippen molar-refractivity contribution in [1.29, 1.82) is 0 Å². The normalized spacial score (nSPS) is 13.1. The zero-order valence-corrected chi connectivity index (χ0v) is 11.1. The maximum Gasteiger partial charge on any atom is 0.328 e. The van der Waals surface area contributed by atoms with Crippen molar-refractivity contribution in [2.45, 2.75) is 39.8 Å². The fourth-order valence-electron chi connectivity index (χ4n) is 1.09. The van der Waals surface area contributed by atoms with Crippen LogP contribution in [-0.4, -0.2) is 43.3 Å². The van der Waals surface area contributed by atoms with Gasteiger partial charge in [0.05, 0.1) is 13.2 Å². The minimum Gasteiger partial charge on any atom is -0.464 e. The lowest BCUT2D eigenvalue weighted by Gasteiger charge is -2.16. The smallest absolute Gasteiger partial charge is 0.328 e. The Morgan fingerprint density at radius 2 is 1.22 bits per heavy atom. The second kappa shape index (κ2) is 8.32. The zero-order chi connectivity index (χ0) is 14.1. The van der Waals surface area contributed by atoms with Crippen molar-refractivity contribution < 1.29 is 23.9 Å². The van der Waals surface area contributed by atoms with E-state index in [1.165, 1.54) is 13.8 Å². The first-order valence-electron chi connectivity index (χ1n) is 5.82. The second-order valence-corrected chi connectivity index (χ2v) is 3.57. The summed E-state index contributed by atoms with van der Waals surface area (Å²) < 4.78 is 9.44. The molecular formula is C11H20N2O5. The van der Waals surface area contributed by atoms with Gasteiger partial charge in [-0.05, 0) is 27.7 Å².